The van der Waals surface area contributed by atoms with E-state index >= 15 is 4.39 Å². The quantitative estimate of drug-likeness (QED) is 0.0814. The van der Waals surface area contributed by atoms with Gasteiger partial charge in [0, 0.05) is 17.7 Å². The van der Waals surface area contributed by atoms with Gasteiger partial charge in [-0.25, -0.2) is 4.39 Å². The van der Waals surface area contributed by atoms with Crippen LogP contribution in [0, 0.1) is 5.82 Å². The number of hydrogen-bond donors (Lipinski definition) is 0. The van der Waals surface area contributed by atoms with Crippen molar-refractivity contribution in [2.24, 2.45) is 0 Å². The average Bonchev–Trinajstić information content (AvgIpc) is 3.23. The zero-order valence-electron chi connectivity index (χ0n) is 35.3. The van der Waals surface area contributed by atoms with Crippen LogP contribution in [0.15, 0.2) is 127 Å². The van der Waals surface area contributed by atoms with Crippen molar-refractivity contribution < 1.29 is 37.2 Å². The van der Waals surface area contributed by atoms with Crippen LogP contribution in [0.25, 0.3) is 0 Å². The van der Waals surface area contributed by atoms with Crippen molar-refractivity contribution in [3.05, 3.63) is 172 Å². The van der Waals surface area contributed by atoms with Crippen LogP contribution in [-0.4, -0.2) is 53.1 Å². The third-order valence-electron chi connectivity index (χ3n) is 11.4. The molecular weight excluding hydrogens is 783 g/mol. The Morgan fingerprint density at radius 1 is 0.712 bits per heavy atom. The Labute approximate surface area is 355 Å². The van der Waals surface area contributed by atoms with Gasteiger partial charge in [-0.3, -0.25) is 0 Å². The van der Waals surface area contributed by atoms with Crippen molar-refractivity contribution in [2.45, 2.75) is 102 Å². The van der Waals surface area contributed by atoms with Crippen molar-refractivity contribution in [1.82, 2.24) is 0 Å². The minimum atomic E-state index is -2.29. The molecule has 5 aromatic carbocycles. The number of rotatable bonds is 18. The highest BCUT2D eigenvalue weighted by atomic mass is 35.5. The topological polar surface area (TPSA) is 64.6 Å². The van der Waals surface area contributed by atoms with E-state index in [1.165, 1.54) is 6.07 Å². The lowest BCUT2D eigenvalue weighted by atomic mass is 9.86. The van der Waals surface area contributed by atoms with Gasteiger partial charge < -0.3 is 32.8 Å². The molecule has 0 bridgehead atoms. The van der Waals surface area contributed by atoms with Gasteiger partial charge in [0.15, 0.2) is 19.9 Å². The Hall–Kier alpha value is -3.90. The van der Waals surface area contributed by atoms with Gasteiger partial charge in [-0.05, 0) is 83.6 Å². The van der Waals surface area contributed by atoms with Crippen molar-refractivity contribution in [1.29, 1.82) is 0 Å². The lowest BCUT2D eigenvalue weighted by molar-refractivity contribution is -0.384. The van der Waals surface area contributed by atoms with Gasteiger partial charge >= 0.3 is 0 Å². The number of hydrogen-bond acceptors (Lipinski definition) is 7. The monoisotopic (exact) mass is 840 g/mol. The van der Waals surface area contributed by atoms with Gasteiger partial charge in [-0.15, -0.1) is 0 Å². The molecule has 0 aromatic heterocycles. The summed E-state index contributed by atoms with van der Waals surface area (Å²) in [5.41, 5.74) is 5.13. The minimum Gasteiger partial charge on any atom is -0.491 e. The summed E-state index contributed by atoms with van der Waals surface area (Å²) in [7, 11) is -0.665. The number of halogens is 2. The van der Waals surface area contributed by atoms with Crippen LogP contribution in [0.1, 0.15) is 61.1 Å². The molecule has 0 amide bonds. The minimum absolute atomic E-state index is 0.0592. The standard InChI is InChI=1S/C49H58ClFO7Si/c1-8-53-43-27-24-38(29-42(43)51)28-39-30-40(25-26-41(39)50)49(52-5)47(56-33-37-22-16-11-17-23-37)46(55-32-36-20-14-10-15-21-36)45(54-31-35-18-12-9-13-19-35)44(58-49)34-57-59(6,7)48(2,3)4/h9-27,29-30,44-47H,8,28,31-34H2,1-7H3/t44-,45-,46+,47-,49+/m1/s1. The first-order chi connectivity index (χ1) is 28.3. The van der Waals surface area contributed by atoms with E-state index in [9.17, 15) is 0 Å². The van der Waals surface area contributed by atoms with Crippen molar-refractivity contribution in [2.75, 3.05) is 20.3 Å². The zero-order chi connectivity index (χ0) is 42.0. The smallest absolute Gasteiger partial charge is 0.225 e. The first kappa shape index (κ1) is 44.6. The third kappa shape index (κ3) is 11.1. The maximum atomic E-state index is 15.1. The highest BCUT2D eigenvalue weighted by Crippen LogP contribution is 2.46. The molecule has 0 unspecified atom stereocenters. The molecule has 0 spiro atoms. The van der Waals surface area contributed by atoms with Crippen LogP contribution >= 0.6 is 11.6 Å². The SMILES string of the molecule is CCOc1ccc(Cc2cc([C@]3(OC)O[C@H](CO[Si](C)(C)C(C)(C)C)[C@@H](OCc4ccccc4)[C@H](OCc4ccccc4)[C@H]3OCc3ccccc3)ccc2Cl)cc1F. The molecule has 0 saturated carbocycles. The van der Waals surface area contributed by atoms with Gasteiger partial charge in [-0.2, -0.15) is 0 Å². The third-order valence-corrected chi connectivity index (χ3v) is 16.3. The summed E-state index contributed by atoms with van der Waals surface area (Å²) in [6.45, 7) is 14.4. The van der Waals surface area contributed by atoms with Crippen molar-refractivity contribution >= 4 is 19.9 Å². The molecule has 6 rings (SSSR count). The molecule has 314 valence electrons. The van der Waals surface area contributed by atoms with Crippen LogP contribution in [0.2, 0.25) is 23.2 Å². The fraction of sp³-hybridized carbons (Fsp3) is 0.388. The van der Waals surface area contributed by atoms with E-state index in [0.717, 1.165) is 27.8 Å². The van der Waals surface area contributed by atoms with Crippen LogP contribution < -0.4 is 4.74 Å². The Morgan fingerprint density at radius 2 is 1.27 bits per heavy atom. The molecule has 0 N–H and O–H groups in total. The van der Waals surface area contributed by atoms with E-state index in [-0.39, 0.29) is 30.6 Å². The summed E-state index contributed by atoms with van der Waals surface area (Å²) in [6.07, 6.45) is -2.54. The molecular formula is C49H58ClFO7Si. The average molecular weight is 842 g/mol. The molecule has 1 aliphatic heterocycles. The first-order valence-electron chi connectivity index (χ1n) is 20.4. The van der Waals surface area contributed by atoms with E-state index in [1.807, 2.05) is 122 Å². The summed E-state index contributed by atoms with van der Waals surface area (Å²) in [5, 5.41) is 0.460. The van der Waals surface area contributed by atoms with E-state index < -0.39 is 44.3 Å². The van der Waals surface area contributed by atoms with Crippen LogP contribution in [-0.2, 0) is 60.1 Å². The van der Waals surface area contributed by atoms with Crippen LogP contribution in [0.5, 0.6) is 5.75 Å². The molecule has 1 aliphatic rings. The predicted molar refractivity (Wildman–Crippen MR) is 234 cm³/mol. The highest BCUT2D eigenvalue weighted by Gasteiger charge is 2.59. The summed E-state index contributed by atoms with van der Waals surface area (Å²) >= 11 is 6.92. The Morgan fingerprint density at radius 3 is 1.80 bits per heavy atom. The molecule has 0 radical (unpaired) electrons. The van der Waals surface area contributed by atoms with Gasteiger partial charge in [0.2, 0.25) is 5.79 Å². The van der Waals surface area contributed by atoms with E-state index in [0.29, 0.717) is 30.2 Å². The zero-order valence-corrected chi connectivity index (χ0v) is 37.0. The second kappa shape index (κ2) is 20.1. The fourth-order valence-electron chi connectivity index (χ4n) is 7.07. The summed E-state index contributed by atoms with van der Waals surface area (Å²) in [4.78, 5) is 0. The molecule has 7 nitrogen and oxygen atoms in total. The lowest BCUT2D eigenvalue weighted by Gasteiger charge is -2.52. The molecule has 0 aliphatic carbocycles. The maximum Gasteiger partial charge on any atom is 0.225 e. The second-order valence-electron chi connectivity index (χ2n) is 16.5. The summed E-state index contributed by atoms with van der Waals surface area (Å²) in [6, 6.07) is 40.8. The highest BCUT2D eigenvalue weighted by molar-refractivity contribution is 6.74. The Kier molecular flexibility index (Phi) is 15.2. The fourth-order valence-corrected chi connectivity index (χ4v) is 8.26. The van der Waals surface area contributed by atoms with Gasteiger partial charge in [0.05, 0.1) is 33.0 Å². The molecule has 1 fully saturated rings. The second-order valence-corrected chi connectivity index (χ2v) is 21.7. The van der Waals surface area contributed by atoms with Gasteiger partial charge in [0.25, 0.3) is 0 Å². The molecule has 1 heterocycles. The van der Waals surface area contributed by atoms with Gasteiger partial charge in [0.1, 0.15) is 24.4 Å². The molecule has 59 heavy (non-hydrogen) atoms. The molecule has 5 aromatic rings. The van der Waals surface area contributed by atoms with E-state index in [4.69, 9.17) is 44.4 Å². The predicted octanol–water partition coefficient (Wildman–Crippen LogP) is 11.4. The lowest BCUT2D eigenvalue weighted by Crippen LogP contribution is -2.66. The maximum absolute atomic E-state index is 15.1. The van der Waals surface area contributed by atoms with Crippen LogP contribution in [0.4, 0.5) is 4.39 Å². The van der Waals surface area contributed by atoms with Gasteiger partial charge in [-0.1, -0.05) is 136 Å². The molecule has 5 atom stereocenters. The van der Waals surface area contributed by atoms with E-state index in [2.05, 4.69) is 33.9 Å². The number of methoxy groups -OCH3 is 1. The normalized spacial score (nSPS) is 21.0. The summed E-state index contributed by atoms with van der Waals surface area (Å²) < 4.78 is 62.4. The first-order valence-corrected chi connectivity index (χ1v) is 23.7. The number of ether oxygens (including phenoxy) is 6. The van der Waals surface area contributed by atoms with Crippen molar-refractivity contribution in [3.8, 4) is 5.75 Å². The van der Waals surface area contributed by atoms with Crippen molar-refractivity contribution in [3.63, 3.8) is 0 Å². The van der Waals surface area contributed by atoms with Crippen LogP contribution in [0.3, 0.4) is 0 Å². The molecule has 1 saturated heterocycles. The summed E-state index contributed by atoms with van der Waals surface area (Å²) in [5.74, 6) is -1.76. The number of benzene rings is 5. The Bertz CT molecular complexity index is 2060. The van der Waals surface area contributed by atoms with E-state index in [1.54, 1.807) is 13.2 Å². The largest absolute Gasteiger partial charge is 0.491 e. The molecule has 10 heteroatoms. The Balaban J connectivity index is 1.48.